The quantitative estimate of drug-likeness (QED) is 0.644. The van der Waals surface area contributed by atoms with Gasteiger partial charge in [0.2, 0.25) is 0 Å². The van der Waals surface area contributed by atoms with Crippen LogP contribution in [0, 0.1) is 0 Å². The molecule has 1 aromatic rings. The third kappa shape index (κ3) is 1.88. The molecule has 0 aliphatic heterocycles. The number of rotatable bonds is 3. The average Bonchev–Trinajstić information content (AvgIpc) is 2.05. The molecule has 0 amide bonds. The van der Waals surface area contributed by atoms with E-state index in [9.17, 15) is 0 Å². The van der Waals surface area contributed by atoms with Gasteiger partial charge in [0.25, 0.3) is 0 Å². The van der Waals surface area contributed by atoms with Crippen LogP contribution in [-0.2, 0) is 6.42 Å². The summed E-state index contributed by atoms with van der Waals surface area (Å²) in [5.41, 5.74) is 3.01. The molecule has 1 aliphatic carbocycles. The van der Waals surface area contributed by atoms with Crippen molar-refractivity contribution >= 4 is 11.6 Å². The minimum absolute atomic E-state index is 0.740. The summed E-state index contributed by atoms with van der Waals surface area (Å²) in [6.45, 7) is 0. The summed E-state index contributed by atoms with van der Waals surface area (Å²) in [6, 6.07) is 8.75. The van der Waals surface area contributed by atoms with Gasteiger partial charge >= 0.3 is 0 Å². The Morgan fingerprint density at radius 2 is 2.00 bits per heavy atom. The van der Waals surface area contributed by atoms with Crippen LogP contribution in [0.15, 0.2) is 24.3 Å². The summed E-state index contributed by atoms with van der Waals surface area (Å²) in [4.78, 5) is 0. The lowest BCUT2D eigenvalue weighted by atomic mass is 9.78. The zero-order chi connectivity index (χ0) is 9.10. The van der Waals surface area contributed by atoms with Crippen LogP contribution in [0.2, 0.25) is 0 Å². The topological polar surface area (TPSA) is 0 Å². The predicted molar refractivity (Wildman–Crippen MR) is 57.5 cm³/mol. The summed E-state index contributed by atoms with van der Waals surface area (Å²) in [7, 11) is 0. The van der Waals surface area contributed by atoms with Crippen molar-refractivity contribution in [1.82, 2.24) is 0 Å². The summed E-state index contributed by atoms with van der Waals surface area (Å²) in [5.74, 6) is 1.57. The van der Waals surface area contributed by atoms with E-state index in [4.69, 9.17) is 11.6 Å². The lowest BCUT2D eigenvalue weighted by Crippen LogP contribution is -2.11. The maximum Gasteiger partial charge on any atom is 0.0264 e. The lowest BCUT2D eigenvalue weighted by Gasteiger charge is -2.27. The van der Waals surface area contributed by atoms with Crippen LogP contribution in [0.4, 0.5) is 0 Å². The van der Waals surface area contributed by atoms with Crippen LogP contribution in [0.1, 0.15) is 36.3 Å². The maximum absolute atomic E-state index is 5.77. The Bertz CT molecular complexity index is 276. The van der Waals surface area contributed by atoms with Crippen LogP contribution in [0.25, 0.3) is 0 Å². The first-order valence-electron chi connectivity index (χ1n) is 5.05. The Hall–Kier alpha value is -0.490. The van der Waals surface area contributed by atoms with Gasteiger partial charge in [0.05, 0.1) is 0 Å². The molecule has 0 heterocycles. The fourth-order valence-electron chi connectivity index (χ4n) is 1.98. The van der Waals surface area contributed by atoms with Gasteiger partial charge in [-0.05, 0) is 36.3 Å². The van der Waals surface area contributed by atoms with E-state index in [1.807, 2.05) is 0 Å². The van der Waals surface area contributed by atoms with Gasteiger partial charge in [-0.25, -0.2) is 0 Å². The third-order valence-corrected chi connectivity index (χ3v) is 3.15. The minimum atomic E-state index is 0.740. The molecule has 0 saturated heterocycles. The van der Waals surface area contributed by atoms with Crippen molar-refractivity contribution in [3.05, 3.63) is 35.4 Å². The molecule has 0 aromatic heterocycles. The van der Waals surface area contributed by atoms with Gasteiger partial charge < -0.3 is 0 Å². The number of alkyl halides is 1. The van der Waals surface area contributed by atoms with Gasteiger partial charge in [0.15, 0.2) is 0 Å². The van der Waals surface area contributed by atoms with Gasteiger partial charge in [-0.3, -0.25) is 0 Å². The predicted octanol–water partition coefficient (Wildman–Crippen LogP) is 3.74. The average molecular weight is 195 g/mol. The molecule has 0 unspecified atom stereocenters. The van der Waals surface area contributed by atoms with E-state index >= 15 is 0 Å². The van der Waals surface area contributed by atoms with Gasteiger partial charge in [0.1, 0.15) is 0 Å². The second kappa shape index (κ2) is 4.15. The molecule has 1 aromatic carbocycles. The largest absolute Gasteiger partial charge is 0.126 e. The van der Waals surface area contributed by atoms with Gasteiger partial charge in [-0.15, -0.1) is 11.6 Å². The highest BCUT2D eigenvalue weighted by Gasteiger charge is 2.21. The monoisotopic (exact) mass is 194 g/mol. The second-order valence-corrected chi connectivity index (χ2v) is 4.14. The minimum Gasteiger partial charge on any atom is -0.126 e. The van der Waals surface area contributed by atoms with Crippen molar-refractivity contribution in [3.63, 3.8) is 0 Å². The normalized spacial score (nSPS) is 17.0. The lowest BCUT2D eigenvalue weighted by molar-refractivity contribution is 0.417. The molecule has 0 spiro atoms. The Labute approximate surface area is 84.9 Å². The number of halogens is 1. The van der Waals surface area contributed by atoms with E-state index in [0.717, 1.165) is 18.2 Å². The fourth-order valence-corrected chi connectivity index (χ4v) is 2.18. The highest BCUT2D eigenvalue weighted by molar-refractivity contribution is 6.18. The molecule has 0 N–H and O–H groups in total. The highest BCUT2D eigenvalue weighted by Crippen LogP contribution is 2.37. The first-order valence-corrected chi connectivity index (χ1v) is 5.59. The first kappa shape index (κ1) is 9.08. The van der Waals surface area contributed by atoms with E-state index in [2.05, 4.69) is 24.3 Å². The summed E-state index contributed by atoms with van der Waals surface area (Å²) in [6.07, 6.45) is 5.17. The maximum atomic E-state index is 5.77. The standard InChI is InChI=1S/C12H15Cl/c13-9-8-11-4-1-2-7-12(11)10-5-3-6-10/h1-2,4,7,10H,3,5-6,8-9H2. The molecule has 1 heteroatoms. The molecule has 1 saturated carbocycles. The number of hydrogen-bond donors (Lipinski definition) is 0. The molecule has 0 nitrogen and oxygen atoms in total. The summed E-state index contributed by atoms with van der Waals surface area (Å²) in [5, 5.41) is 0. The van der Waals surface area contributed by atoms with Crippen molar-refractivity contribution in [1.29, 1.82) is 0 Å². The zero-order valence-electron chi connectivity index (χ0n) is 7.80. The molecule has 0 radical (unpaired) electrons. The van der Waals surface area contributed by atoms with E-state index < -0.39 is 0 Å². The molecular weight excluding hydrogens is 180 g/mol. The fraction of sp³-hybridized carbons (Fsp3) is 0.500. The van der Waals surface area contributed by atoms with Crippen molar-refractivity contribution in [2.45, 2.75) is 31.6 Å². The number of hydrogen-bond acceptors (Lipinski definition) is 0. The second-order valence-electron chi connectivity index (χ2n) is 3.77. The zero-order valence-corrected chi connectivity index (χ0v) is 8.56. The number of benzene rings is 1. The van der Waals surface area contributed by atoms with Crippen LogP contribution in [-0.4, -0.2) is 5.88 Å². The highest BCUT2D eigenvalue weighted by atomic mass is 35.5. The molecule has 1 fully saturated rings. The van der Waals surface area contributed by atoms with Gasteiger partial charge in [-0.2, -0.15) is 0 Å². The third-order valence-electron chi connectivity index (χ3n) is 2.96. The van der Waals surface area contributed by atoms with E-state index in [1.54, 1.807) is 5.56 Å². The van der Waals surface area contributed by atoms with Crippen molar-refractivity contribution in [2.24, 2.45) is 0 Å². The molecule has 1 aliphatic rings. The van der Waals surface area contributed by atoms with E-state index in [1.165, 1.54) is 24.8 Å². The molecule has 0 bridgehead atoms. The molecule has 2 rings (SSSR count). The molecule has 70 valence electrons. The van der Waals surface area contributed by atoms with Gasteiger partial charge in [-0.1, -0.05) is 30.7 Å². The molecule has 13 heavy (non-hydrogen) atoms. The van der Waals surface area contributed by atoms with E-state index in [-0.39, 0.29) is 0 Å². The molecular formula is C12H15Cl. The van der Waals surface area contributed by atoms with Crippen LogP contribution < -0.4 is 0 Å². The Morgan fingerprint density at radius 3 is 2.62 bits per heavy atom. The molecule has 0 atom stereocenters. The summed E-state index contributed by atoms with van der Waals surface area (Å²) < 4.78 is 0. The SMILES string of the molecule is ClCCc1ccccc1C1CCC1. The Morgan fingerprint density at radius 1 is 1.23 bits per heavy atom. The Kier molecular flexibility index (Phi) is 2.90. The van der Waals surface area contributed by atoms with Crippen LogP contribution in [0.5, 0.6) is 0 Å². The van der Waals surface area contributed by atoms with Crippen molar-refractivity contribution in [3.8, 4) is 0 Å². The van der Waals surface area contributed by atoms with Crippen molar-refractivity contribution in [2.75, 3.05) is 5.88 Å². The first-order chi connectivity index (χ1) is 6.42. The van der Waals surface area contributed by atoms with Crippen LogP contribution in [0.3, 0.4) is 0 Å². The number of aryl methyl sites for hydroxylation is 1. The smallest absolute Gasteiger partial charge is 0.0264 e. The van der Waals surface area contributed by atoms with Crippen molar-refractivity contribution < 1.29 is 0 Å². The van der Waals surface area contributed by atoms with Gasteiger partial charge in [0, 0.05) is 5.88 Å². The summed E-state index contributed by atoms with van der Waals surface area (Å²) >= 11 is 5.77. The Balaban J connectivity index is 2.20. The van der Waals surface area contributed by atoms with Crippen LogP contribution >= 0.6 is 11.6 Å². The van der Waals surface area contributed by atoms with E-state index in [0.29, 0.717) is 0 Å².